The van der Waals surface area contributed by atoms with Gasteiger partial charge in [-0.15, -0.1) is 10.2 Å². The molecule has 5 fully saturated rings. The highest BCUT2D eigenvalue weighted by Crippen LogP contribution is 2.35. The molecule has 0 radical (unpaired) electrons. The van der Waals surface area contributed by atoms with E-state index in [-0.39, 0.29) is 36.4 Å². The molecule has 0 saturated carbocycles. The van der Waals surface area contributed by atoms with Gasteiger partial charge in [-0.2, -0.15) is 4.98 Å². The van der Waals surface area contributed by atoms with Crippen LogP contribution in [0.15, 0.2) is 42.5 Å². The van der Waals surface area contributed by atoms with Crippen LogP contribution in [0.25, 0.3) is 0 Å². The highest BCUT2D eigenvalue weighted by Gasteiger charge is 2.45. The smallest absolute Gasteiger partial charge is 0.320 e. The summed E-state index contributed by atoms with van der Waals surface area (Å²) in [6.45, 7) is 7.38. The largest absolute Gasteiger partial charge is 0.371 e. The maximum Gasteiger partial charge on any atom is 0.320 e. The van der Waals surface area contributed by atoms with Crippen LogP contribution in [0.4, 0.5) is 27.9 Å². The van der Waals surface area contributed by atoms with Gasteiger partial charge in [0.15, 0.2) is 11.5 Å². The summed E-state index contributed by atoms with van der Waals surface area (Å²) in [5, 5.41) is 13.9. The summed E-state index contributed by atoms with van der Waals surface area (Å²) in [6.07, 6.45) is 5.10. The zero-order valence-electron chi connectivity index (χ0n) is 33.7. The Morgan fingerprint density at radius 1 is 0.833 bits per heavy atom. The molecule has 2 unspecified atom stereocenters. The molecule has 4 N–H and O–H groups in total. The first-order valence-corrected chi connectivity index (χ1v) is 21.0. The van der Waals surface area contributed by atoms with E-state index in [0.29, 0.717) is 48.5 Å². The maximum atomic E-state index is 13.4. The van der Waals surface area contributed by atoms with E-state index in [9.17, 15) is 28.8 Å². The van der Waals surface area contributed by atoms with Gasteiger partial charge in [0.25, 0.3) is 17.7 Å². The molecule has 9 rings (SSSR count). The third-order valence-electron chi connectivity index (χ3n) is 13.1. The van der Waals surface area contributed by atoms with Crippen molar-refractivity contribution in [3.8, 4) is 0 Å². The average molecular weight is 819 g/mol. The van der Waals surface area contributed by atoms with E-state index < -0.39 is 35.6 Å². The van der Waals surface area contributed by atoms with Crippen LogP contribution in [-0.2, 0) is 9.59 Å². The number of urea groups is 1. The van der Waals surface area contributed by atoms with Crippen LogP contribution in [-0.4, -0.2) is 148 Å². The fraction of sp³-hybridized carbons (Fsp3) is 0.500. The van der Waals surface area contributed by atoms with Crippen LogP contribution in [0, 0.1) is 5.92 Å². The number of benzene rings is 2. The van der Waals surface area contributed by atoms with Gasteiger partial charge in [-0.3, -0.25) is 34.2 Å². The van der Waals surface area contributed by atoms with Gasteiger partial charge in [0.05, 0.1) is 17.2 Å². The van der Waals surface area contributed by atoms with Gasteiger partial charge in [-0.05, 0) is 99.3 Å². The number of imide groups is 2. The van der Waals surface area contributed by atoms with Crippen molar-refractivity contribution in [1.82, 2.24) is 40.1 Å². The zero-order valence-corrected chi connectivity index (χ0v) is 33.7. The summed E-state index contributed by atoms with van der Waals surface area (Å²) >= 11 is 0. The first kappa shape index (κ1) is 39.3. The van der Waals surface area contributed by atoms with E-state index in [1.165, 1.54) is 5.56 Å². The van der Waals surface area contributed by atoms with Crippen molar-refractivity contribution in [3.63, 3.8) is 0 Å². The third-order valence-corrected chi connectivity index (χ3v) is 13.1. The Kier molecular flexibility index (Phi) is 10.6. The topological polar surface area (TPSA) is 211 Å². The predicted octanol–water partition coefficient (Wildman–Crippen LogP) is 2.16. The molecule has 7 amide bonds. The number of amides is 7. The van der Waals surface area contributed by atoms with E-state index in [0.717, 1.165) is 87.6 Å². The van der Waals surface area contributed by atoms with Crippen molar-refractivity contribution < 1.29 is 28.8 Å². The molecule has 0 bridgehead atoms. The van der Waals surface area contributed by atoms with E-state index in [1.54, 1.807) is 17.0 Å². The Morgan fingerprint density at radius 3 is 2.35 bits per heavy atom. The number of hydrogen-bond acceptors (Lipinski definition) is 13. The lowest BCUT2D eigenvalue weighted by atomic mass is 9.89. The number of nitrogens with zero attached hydrogens (tertiary/aromatic N) is 9. The minimum absolute atomic E-state index is 0.0391. The molecule has 18 nitrogen and oxygen atoms in total. The summed E-state index contributed by atoms with van der Waals surface area (Å²) in [4.78, 5) is 91.8. The second kappa shape index (κ2) is 16.1. The van der Waals surface area contributed by atoms with Crippen molar-refractivity contribution >= 4 is 58.7 Å². The Hall–Kier alpha value is -6.17. The average Bonchev–Trinajstić information content (AvgIpc) is 3.93. The molecule has 3 atom stereocenters. The number of likely N-dealkylation sites (N-methyl/N-ethyl adjacent to an activating group) is 1. The number of fused-ring (bicyclic) bond motifs is 1. The number of aromatic nitrogens is 3. The van der Waals surface area contributed by atoms with E-state index in [2.05, 4.69) is 42.8 Å². The molecule has 3 aromatic rings. The number of likely N-dealkylation sites (tertiary alicyclic amines) is 1. The first-order chi connectivity index (χ1) is 29.0. The normalized spacial score (nSPS) is 24.1. The molecule has 314 valence electrons. The first-order valence-electron chi connectivity index (χ1n) is 21.0. The number of hydrogen-bond donors (Lipinski definition) is 3. The number of anilines is 4. The van der Waals surface area contributed by atoms with E-state index in [4.69, 9.17) is 10.7 Å². The van der Waals surface area contributed by atoms with Gasteiger partial charge in [0.2, 0.25) is 17.8 Å². The van der Waals surface area contributed by atoms with Gasteiger partial charge in [-0.25, -0.2) is 4.79 Å². The standard InChI is InChI=1S/C42H50N12O6/c1-49-19-20-53(42(49)60)30-3-2-15-52(24-30)41-46-37(35(36(43)56)47-48-41)44-28-6-4-26(5-7-28)27-13-16-50(17-14-27)22-25-12-18-51(23-25)29-8-9-31-32(21-29)40(59)54(39(31)58)33-10-11-34(55)45-38(33)57/h4-9,21,25,27,30,33H,2-3,10-20,22-24H2,1H3,(H2,43,56)(H,44,46,48)(H,45,55,57)/t25?,30-,33?/m1/s1. The highest BCUT2D eigenvalue weighted by atomic mass is 16.2. The lowest BCUT2D eigenvalue weighted by Gasteiger charge is -2.37. The molecule has 0 aliphatic carbocycles. The number of carbonyl (C=O) groups excluding carboxylic acids is 6. The van der Waals surface area contributed by atoms with Crippen LogP contribution in [0.1, 0.15) is 87.6 Å². The summed E-state index contributed by atoms with van der Waals surface area (Å²) in [5.74, 6) is -1.19. The number of nitrogens with one attached hydrogen (secondary N) is 2. The van der Waals surface area contributed by atoms with Gasteiger partial charge in [0, 0.05) is 70.7 Å². The number of piperidine rings is 3. The fourth-order valence-electron chi connectivity index (χ4n) is 9.76. The lowest BCUT2D eigenvalue weighted by molar-refractivity contribution is -0.136. The quantitative estimate of drug-likeness (QED) is 0.251. The Balaban J connectivity index is 0.771. The zero-order chi connectivity index (χ0) is 41.7. The summed E-state index contributed by atoms with van der Waals surface area (Å²) in [6, 6.07) is 12.7. The van der Waals surface area contributed by atoms with Crippen molar-refractivity contribution in [1.29, 1.82) is 0 Å². The Morgan fingerprint density at radius 2 is 1.62 bits per heavy atom. The highest BCUT2D eigenvalue weighted by molar-refractivity contribution is 6.23. The van der Waals surface area contributed by atoms with Crippen molar-refractivity contribution in [3.05, 3.63) is 64.8 Å². The third kappa shape index (κ3) is 7.59. The molecule has 0 spiro atoms. The molecule has 18 heteroatoms. The Bertz CT molecular complexity index is 2230. The van der Waals surface area contributed by atoms with Crippen LogP contribution >= 0.6 is 0 Å². The number of primary amides is 1. The molecule has 5 saturated heterocycles. The van der Waals surface area contributed by atoms with E-state index >= 15 is 0 Å². The van der Waals surface area contributed by atoms with Crippen molar-refractivity contribution in [2.24, 2.45) is 11.7 Å². The van der Waals surface area contributed by atoms with Crippen LogP contribution in [0.5, 0.6) is 0 Å². The minimum atomic E-state index is -0.979. The molecular formula is C42H50N12O6. The van der Waals surface area contributed by atoms with Crippen LogP contribution in [0.3, 0.4) is 0 Å². The molecule has 60 heavy (non-hydrogen) atoms. The second-order valence-corrected chi connectivity index (χ2v) is 16.9. The molecule has 1 aromatic heterocycles. The van der Waals surface area contributed by atoms with E-state index in [1.807, 2.05) is 35.0 Å². The second-order valence-electron chi connectivity index (χ2n) is 16.9. The monoisotopic (exact) mass is 818 g/mol. The van der Waals surface area contributed by atoms with Gasteiger partial charge < -0.3 is 35.6 Å². The number of nitrogens with two attached hydrogens (primary N) is 1. The maximum absolute atomic E-state index is 13.4. The number of carbonyl (C=O) groups is 6. The fourth-order valence-corrected chi connectivity index (χ4v) is 9.76. The Labute approximate surface area is 347 Å². The van der Waals surface area contributed by atoms with Crippen LogP contribution < -0.4 is 26.2 Å². The van der Waals surface area contributed by atoms with Gasteiger partial charge in [0.1, 0.15) is 6.04 Å². The van der Waals surface area contributed by atoms with Crippen molar-refractivity contribution in [2.45, 2.75) is 62.9 Å². The summed E-state index contributed by atoms with van der Waals surface area (Å²) in [7, 11) is 1.82. The summed E-state index contributed by atoms with van der Waals surface area (Å²) in [5.41, 5.74) is 9.13. The van der Waals surface area contributed by atoms with Crippen molar-refractivity contribution in [2.75, 3.05) is 81.1 Å². The molecule has 6 aliphatic heterocycles. The SMILES string of the molecule is CN1CCN([C@@H]2CCCN(c3nnc(C(N)=O)c(Nc4ccc(C5CCN(CC6CCN(c7ccc8c(c7)C(=O)N(C7CCC(=O)NC7=O)C8=O)C6)CC5)cc4)n3)C2)C1=O. The molecule has 7 heterocycles. The molecule has 2 aromatic carbocycles. The lowest BCUT2D eigenvalue weighted by Crippen LogP contribution is -2.54. The van der Waals surface area contributed by atoms with Gasteiger partial charge in [-0.1, -0.05) is 12.1 Å². The predicted molar refractivity (Wildman–Crippen MR) is 220 cm³/mol. The van der Waals surface area contributed by atoms with Gasteiger partial charge >= 0.3 is 6.03 Å². The minimum Gasteiger partial charge on any atom is -0.371 e. The van der Waals surface area contributed by atoms with Crippen LogP contribution in [0.2, 0.25) is 0 Å². The number of rotatable bonds is 10. The molecular weight excluding hydrogens is 769 g/mol. The summed E-state index contributed by atoms with van der Waals surface area (Å²) < 4.78 is 0. The molecule has 6 aliphatic rings.